The van der Waals surface area contributed by atoms with Crippen molar-refractivity contribution in [3.8, 4) is 0 Å². The molecule has 0 radical (unpaired) electrons. The molecule has 112 valence electrons. The first kappa shape index (κ1) is 15.2. The van der Waals surface area contributed by atoms with E-state index in [1.807, 2.05) is 37.6 Å². The van der Waals surface area contributed by atoms with Gasteiger partial charge in [-0.05, 0) is 44.9 Å². The summed E-state index contributed by atoms with van der Waals surface area (Å²) in [5, 5.41) is 7.37. The number of hydrogen-bond donors (Lipinski definition) is 1. The van der Waals surface area contributed by atoms with Crippen LogP contribution in [0.2, 0.25) is 0 Å². The second-order valence-electron chi connectivity index (χ2n) is 5.59. The van der Waals surface area contributed by atoms with Crippen LogP contribution in [0.25, 0.3) is 0 Å². The second kappa shape index (κ2) is 6.52. The average molecular weight is 286 g/mol. The van der Waals surface area contributed by atoms with Crippen molar-refractivity contribution in [1.82, 2.24) is 20.1 Å². The lowest BCUT2D eigenvalue weighted by Gasteiger charge is -2.14. The summed E-state index contributed by atoms with van der Waals surface area (Å²) in [5.74, 6) is 0.177. The predicted octanol–water partition coefficient (Wildman–Crippen LogP) is 2.27. The minimum Gasteiger partial charge on any atom is -0.350 e. The number of carbonyl (C=O) groups is 1. The molecule has 0 aliphatic carbocycles. The van der Waals surface area contributed by atoms with Crippen LogP contribution in [0.3, 0.4) is 0 Å². The van der Waals surface area contributed by atoms with E-state index in [0.29, 0.717) is 18.2 Å². The summed E-state index contributed by atoms with van der Waals surface area (Å²) in [6, 6.07) is 7.51. The zero-order valence-electron chi connectivity index (χ0n) is 13.1. The van der Waals surface area contributed by atoms with Gasteiger partial charge in [-0.2, -0.15) is 5.10 Å². The fourth-order valence-electron chi connectivity index (χ4n) is 2.25. The molecule has 2 rings (SSSR count). The highest BCUT2D eigenvalue weighted by Gasteiger charge is 2.11. The maximum Gasteiger partial charge on any atom is 0.269 e. The van der Waals surface area contributed by atoms with Gasteiger partial charge in [0.2, 0.25) is 0 Å². The second-order valence-corrected chi connectivity index (χ2v) is 5.59. The van der Waals surface area contributed by atoms with Crippen LogP contribution in [0.15, 0.2) is 24.3 Å². The van der Waals surface area contributed by atoms with E-state index in [9.17, 15) is 4.79 Å². The van der Waals surface area contributed by atoms with Gasteiger partial charge in [0.05, 0.1) is 5.69 Å². The highest BCUT2D eigenvalue weighted by atomic mass is 16.1. The normalized spacial score (nSPS) is 12.2. The Morgan fingerprint density at radius 2 is 2.05 bits per heavy atom. The van der Waals surface area contributed by atoms with Crippen molar-refractivity contribution in [3.05, 3.63) is 47.0 Å². The van der Waals surface area contributed by atoms with Gasteiger partial charge in [0.25, 0.3) is 5.91 Å². The Morgan fingerprint density at radius 1 is 1.29 bits per heavy atom. The summed E-state index contributed by atoms with van der Waals surface area (Å²) in [6.45, 7) is 9.40. The van der Waals surface area contributed by atoms with Gasteiger partial charge in [-0.1, -0.05) is 13.0 Å². The van der Waals surface area contributed by atoms with Crippen LogP contribution in [0.4, 0.5) is 0 Å². The summed E-state index contributed by atoms with van der Waals surface area (Å²) < 4.78 is 1.98. The molecule has 1 amide bonds. The van der Waals surface area contributed by atoms with Crippen LogP contribution in [0, 0.1) is 26.7 Å². The Bertz CT molecular complexity index is 633. The molecule has 0 saturated carbocycles. The molecule has 0 aliphatic heterocycles. The molecule has 0 aliphatic rings. The summed E-state index contributed by atoms with van der Waals surface area (Å²) in [4.78, 5) is 16.3. The van der Waals surface area contributed by atoms with Gasteiger partial charge < -0.3 is 5.32 Å². The Balaban J connectivity index is 1.88. The third-order valence-corrected chi connectivity index (χ3v) is 3.32. The summed E-state index contributed by atoms with van der Waals surface area (Å²) in [6.07, 6.45) is 0. The van der Waals surface area contributed by atoms with E-state index in [2.05, 4.69) is 28.4 Å². The Labute approximate surface area is 125 Å². The Morgan fingerprint density at radius 3 is 2.67 bits per heavy atom. The lowest BCUT2D eigenvalue weighted by molar-refractivity contribution is 0.0941. The molecule has 0 saturated heterocycles. The number of nitrogens with one attached hydrogen (secondary N) is 1. The quantitative estimate of drug-likeness (QED) is 0.917. The number of hydrogen-bond acceptors (Lipinski definition) is 3. The molecule has 5 nitrogen and oxygen atoms in total. The van der Waals surface area contributed by atoms with Crippen LogP contribution >= 0.6 is 0 Å². The lowest BCUT2D eigenvalue weighted by atomic mass is 10.1. The molecule has 1 unspecified atom stereocenters. The largest absolute Gasteiger partial charge is 0.350 e. The SMILES string of the molecule is Cc1cccc(C(=O)NCC(C)Cn2nc(C)cc2C)n1. The first-order chi connectivity index (χ1) is 9.95. The van der Waals surface area contributed by atoms with Crippen molar-refractivity contribution >= 4 is 5.91 Å². The summed E-state index contributed by atoms with van der Waals surface area (Å²) in [7, 11) is 0. The monoisotopic (exact) mass is 286 g/mol. The number of nitrogens with zero attached hydrogens (tertiary/aromatic N) is 3. The van der Waals surface area contributed by atoms with Crippen LogP contribution in [-0.4, -0.2) is 27.2 Å². The van der Waals surface area contributed by atoms with Gasteiger partial charge in [0.1, 0.15) is 5.69 Å². The van der Waals surface area contributed by atoms with Gasteiger partial charge in [-0.15, -0.1) is 0 Å². The van der Waals surface area contributed by atoms with Crippen molar-refractivity contribution < 1.29 is 4.79 Å². The molecule has 0 bridgehead atoms. The van der Waals surface area contributed by atoms with Crippen LogP contribution in [0.1, 0.15) is 34.5 Å². The minimum absolute atomic E-state index is 0.126. The third kappa shape index (κ3) is 4.15. The number of aromatic nitrogens is 3. The van der Waals surface area contributed by atoms with E-state index in [4.69, 9.17) is 0 Å². The van der Waals surface area contributed by atoms with E-state index in [0.717, 1.165) is 23.6 Å². The smallest absolute Gasteiger partial charge is 0.269 e. The van der Waals surface area contributed by atoms with E-state index >= 15 is 0 Å². The molecular formula is C16H22N4O. The summed E-state index contributed by atoms with van der Waals surface area (Å²) in [5.41, 5.74) is 3.48. The molecule has 0 spiro atoms. The lowest BCUT2D eigenvalue weighted by Crippen LogP contribution is -2.31. The van der Waals surface area contributed by atoms with Crippen molar-refractivity contribution in [2.45, 2.75) is 34.2 Å². The van der Waals surface area contributed by atoms with Crippen molar-refractivity contribution in [1.29, 1.82) is 0 Å². The van der Waals surface area contributed by atoms with Gasteiger partial charge in [0, 0.05) is 24.5 Å². The third-order valence-electron chi connectivity index (χ3n) is 3.32. The number of aryl methyl sites for hydroxylation is 3. The molecule has 2 aromatic heterocycles. The van der Waals surface area contributed by atoms with Gasteiger partial charge in [0.15, 0.2) is 0 Å². The zero-order valence-corrected chi connectivity index (χ0v) is 13.1. The Kier molecular flexibility index (Phi) is 4.73. The van der Waals surface area contributed by atoms with Gasteiger partial charge in [-0.25, -0.2) is 4.98 Å². The standard InChI is InChI=1S/C16H22N4O/c1-11(10-20-14(4)8-13(3)19-20)9-17-16(21)15-7-5-6-12(2)18-15/h5-8,11H,9-10H2,1-4H3,(H,17,21). The van der Waals surface area contributed by atoms with Gasteiger partial charge >= 0.3 is 0 Å². The molecule has 2 aromatic rings. The van der Waals surface area contributed by atoms with E-state index < -0.39 is 0 Å². The van der Waals surface area contributed by atoms with Crippen LogP contribution in [-0.2, 0) is 6.54 Å². The van der Waals surface area contributed by atoms with Crippen molar-refractivity contribution in [2.75, 3.05) is 6.54 Å². The maximum absolute atomic E-state index is 12.0. The predicted molar refractivity (Wildman–Crippen MR) is 82.2 cm³/mol. The zero-order chi connectivity index (χ0) is 15.4. The number of carbonyl (C=O) groups excluding carboxylic acids is 1. The summed E-state index contributed by atoms with van der Waals surface area (Å²) >= 11 is 0. The van der Waals surface area contributed by atoms with Gasteiger partial charge in [-0.3, -0.25) is 9.48 Å². The molecule has 21 heavy (non-hydrogen) atoms. The van der Waals surface area contributed by atoms with Crippen molar-refractivity contribution in [3.63, 3.8) is 0 Å². The first-order valence-corrected chi connectivity index (χ1v) is 7.18. The molecule has 0 aromatic carbocycles. The van der Waals surface area contributed by atoms with E-state index in [1.54, 1.807) is 6.07 Å². The van der Waals surface area contributed by atoms with E-state index in [-0.39, 0.29) is 5.91 Å². The molecule has 5 heteroatoms. The fraction of sp³-hybridized carbons (Fsp3) is 0.438. The number of rotatable bonds is 5. The van der Waals surface area contributed by atoms with E-state index in [1.165, 1.54) is 0 Å². The number of pyridine rings is 1. The highest BCUT2D eigenvalue weighted by molar-refractivity contribution is 5.92. The highest BCUT2D eigenvalue weighted by Crippen LogP contribution is 2.06. The topological polar surface area (TPSA) is 59.8 Å². The molecule has 1 N–H and O–H groups in total. The Hall–Kier alpha value is -2.17. The fourth-order valence-corrected chi connectivity index (χ4v) is 2.25. The minimum atomic E-state index is -0.126. The molecule has 1 atom stereocenters. The average Bonchev–Trinajstić information content (AvgIpc) is 2.74. The molecule has 0 fully saturated rings. The van der Waals surface area contributed by atoms with Crippen LogP contribution < -0.4 is 5.32 Å². The number of amides is 1. The van der Waals surface area contributed by atoms with Crippen LogP contribution in [0.5, 0.6) is 0 Å². The molecular weight excluding hydrogens is 264 g/mol. The maximum atomic E-state index is 12.0. The van der Waals surface area contributed by atoms with Crippen molar-refractivity contribution in [2.24, 2.45) is 5.92 Å². The first-order valence-electron chi connectivity index (χ1n) is 7.18. The molecule has 2 heterocycles.